The molecular weight excluding hydrogens is 334 g/mol. The zero-order valence-electron chi connectivity index (χ0n) is 15.3. The zero-order chi connectivity index (χ0) is 18.4. The molecule has 0 aliphatic heterocycles. The Morgan fingerprint density at radius 3 is 2.40 bits per heavy atom. The van der Waals surface area contributed by atoms with E-state index in [1.807, 2.05) is 13.0 Å². The maximum Gasteiger partial charge on any atom is 0.258 e. The van der Waals surface area contributed by atoms with Crippen LogP contribution in [0.25, 0.3) is 0 Å². The van der Waals surface area contributed by atoms with Crippen molar-refractivity contribution in [3.63, 3.8) is 0 Å². The predicted octanol–water partition coefficient (Wildman–Crippen LogP) is 5.10. The molecule has 0 fully saturated rings. The Labute approximate surface area is 155 Å². The van der Waals surface area contributed by atoms with E-state index in [1.165, 1.54) is 5.56 Å². The van der Waals surface area contributed by atoms with E-state index in [0.29, 0.717) is 10.8 Å². The number of hydrogen-bond acceptors (Lipinski definition) is 2. The van der Waals surface area contributed by atoms with E-state index in [9.17, 15) is 4.79 Å². The number of benzene rings is 2. The summed E-state index contributed by atoms with van der Waals surface area (Å²) >= 11 is 6.00. The van der Waals surface area contributed by atoms with Gasteiger partial charge in [-0.15, -0.1) is 0 Å². The number of hydrogen-bond donors (Lipinski definition) is 1. The SMILES string of the molecule is CCc1ccc([C@@H](NC(=O)COc2ccc(Cl)c(C)c2)C(C)C)cc1. The lowest BCUT2D eigenvalue weighted by Gasteiger charge is -2.23. The zero-order valence-corrected chi connectivity index (χ0v) is 16.1. The van der Waals surface area contributed by atoms with Gasteiger partial charge in [-0.05, 0) is 54.2 Å². The molecule has 2 aromatic rings. The van der Waals surface area contributed by atoms with Crippen LogP contribution in [-0.2, 0) is 11.2 Å². The first-order chi connectivity index (χ1) is 11.9. The molecule has 4 heteroatoms. The Bertz CT molecular complexity index is 710. The number of rotatable bonds is 7. The van der Waals surface area contributed by atoms with Crippen molar-refractivity contribution in [2.45, 2.75) is 40.2 Å². The van der Waals surface area contributed by atoms with Crippen molar-refractivity contribution < 1.29 is 9.53 Å². The summed E-state index contributed by atoms with van der Waals surface area (Å²) in [6.07, 6.45) is 1.01. The number of amides is 1. The third kappa shape index (κ3) is 5.50. The quantitative estimate of drug-likeness (QED) is 0.746. The molecule has 1 atom stereocenters. The summed E-state index contributed by atoms with van der Waals surface area (Å²) in [5.74, 6) is 0.797. The van der Waals surface area contributed by atoms with Crippen molar-refractivity contribution in [1.29, 1.82) is 0 Å². The standard InChI is InChI=1S/C21H26ClNO2/c1-5-16-6-8-17(9-7-16)21(14(2)3)23-20(24)13-25-18-10-11-19(22)15(4)12-18/h6-12,14,21H,5,13H2,1-4H3,(H,23,24)/t21-/m0/s1. The number of aryl methyl sites for hydroxylation is 2. The first-order valence-electron chi connectivity index (χ1n) is 8.67. The lowest BCUT2D eigenvalue weighted by Crippen LogP contribution is -2.35. The van der Waals surface area contributed by atoms with Gasteiger partial charge in [-0.25, -0.2) is 0 Å². The van der Waals surface area contributed by atoms with Gasteiger partial charge >= 0.3 is 0 Å². The van der Waals surface area contributed by atoms with Crippen LogP contribution < -0.4 is 10.1 Å². The van der Waals surface area contributed by atoms with E-state index >= 15 is 0 Å². The topological polar surface area (TPSA) is 38.3 Å². The lowest BCUT2D eigenvalue weighted by atomic mass is 9.95. The molecule has 1 N–H and O–H groups in total. The normalized spacial score (nSPS) is 12.1. The van der Waals surface area contributed by atoms with Crippen LogP contribution in [0.1, 0.15) is 43.5 Å². The van der Waals surface area contributed by atoms with Crippen molar-refractivity contribution in [1.82, 2.24) is 5.32 Å². The minimum absolute atomic E-state index is 0.0165. The molecule has 0 radical (unpaired) electrons. The van der Waals surface area contributed by atoms with Crippen LogP contribution in [0.4, 0.5) is 0 Å². The molecule has 0 aliphatic rings. The van der Waals surface area contributed by atoms with Crippen LogP contribution in [-0.4, -0.2) is 12.5 Å². The summed E-state index contributed by atoms with van der Waals surface area (Å²) in [5.41, 5.74) is 3.33. The second-order valence-corrected chi connectivity index (χ2v) is 6.99. The van der Waals surface area contributed by atoms with E-state index < -0.39 is 0 Å². The molecule has 134 valence electrons. The summed E-state index contributed by atoms with van der Waals surface area (Å²) in [4.78, 5) is 12.3. The molecule has 0 unspecified atom stereocenters. The molecule has 3 nitrogen and oxygen atoms in total. The molecular formula is C21H26ClNO2. The van der Waals surface area contributed by atoms with Crippen molar-refractivity contribution in [3.8, 4) is 5.75 Å². The van der Waals surface area contributed by atoms with Gasteiger partial charge in [-0.1, -0.05) is 56.6 Å². The third-order valence-electron chi connectivity index (χ3n) is 4.23. The van der Waals surface area contributed by atoms with Crippen LogP contribution in [0, 0.1) is 12.8 Å². The Morgan fingerprint density at radius 2 is 1.84 bits per heavy atom. The fraction of sp³-hybridized carbons (Fsp3) is 0.381. The summed E-state index contributed by atoms with van der Waals surface area (Å²) in [5, 5.41) is 3.76. The molecule has 25 heavy (non-hydrogen) atoms. The van der Waals surface area contributed by atoms with Crippen LogP contribution in [0.2, 0.25) is 5.02 Å². The second-order valence-electron chi connectivity index (χ2n) is 6.58. The van der Waals surface area contributed by atoms with E-state index in [-0.39, 0.29) is 24.5 Å². The minimum atomic E-state index is -0.133. The van der Waals surface area contributed by atoms with Gasteiger partial charge in [0, 0.05) is 5.02 Å². The summed E-state index contributed by atoms with van der Waals surface area (Å²) in [6.45, 7) is 8.22. The lowest BCUT2D eigenvalue weighted by molar-refractivity contribution is -0.124. The highest BCUT2D eigenvalue weighted by atomic mass is 35.5. The average molecular weight is 360 g/mol. The maximum absolute atomic E-state index is 12.3. The molecule has 0 aliphatic carbocycles. The number of halogens is 1. The molecule has 0 bridgehead atoms. The number of nitrogens with one attached hydrogen (secondary N) is 1. The molecule has 0 saturated heterocycles. The maximum atomic E-state index is 12.3. The van der Waals surface area contributed by atoms with Gasteiger partial charge in [0.15, 0.2) is 6.61 Å². The van der Waals surface area contributed by atoms with Crippen LogP contribution in [0.15, 0.2) is 42.5 Å². The molecule has 0 spiro atoms. The highest BCUT2D eigenvalue weighted by Gasteiger charge is 2.18. The van der Waals surface area contributed by atoms with Gasteiger partial charge in [-0.2, -0.15) is 0 Å². The Hall–Kier alpha value is -2.00. The predicted molar refractivity (Wildman–Crippen MR) is 103 cm³/mol. The molecule has 1 amide bonds. The first kappa shape index (κ1) is 19.3. The fourth-order valence-corrected chi connectivity index (χ4v) is 2.78. The van der Waals surface area contributed by atoms with Crippen LogP contribution in [0.5, 0.6) is 5.75 Å². The molecule has 0 aromatic heterocycles. The molecule has 0 saturated carbocycles. The van der Waals surface area contributed by atoms with Crippen molar-refractivity contribution in [2.24, 2.45) is 5.92 Å². The molecule has 2 rings (SSSR count). The van der Waals surface area contributed by atoms with Crippen LogP contribution >= 0.6 is 11.6 Å². The smallest absolute Gasteiger partial charge is 0.258 e. The highest BCUT2D eigenvalue weighted by Crippen LogP contribution is 2.23. The summed E-state index contributed by atoms with van der Waals surface area (Å²) in [6, 6.07) is 13.8. The van der Waals surface area contributed by atoms with E-state index in [0.717, 1.165) is 17.5 Å². The van der Waals surface area contributed by atoms with E-state index in [1.54, 1.807) is 12.1 Å². The van der Waals surface area contributed by atoms with Gasteiger partial charge in [0.2, 0.25) is 0 Å². The van der Waals surface area contributed by atoms with Crippen molar-refractivity contribution in [3.05, 3.63) is 64.2 Å². The largest absolute Gasteiger partial charge is 0.484 e. The van der Waals surface area contributed by atoms with E-state index in [4.69, 9.17) is 16.3 Å². The van der Waals surface area contributed by atoms with Crippen molar-refractivity contribution >= 4 is 17.5 Å². The number of carbonyl (C=O) groups excluding carboxylic acids is 1. The van der Waals surface area contributed by atoms with Gasteiger partial charge < -0.3 is 10.1 Å². The summed E-state index contributed by atoms with van der Waals surface area (Å²) < 4.78 is 5.59. The van der Waals surface area contributed by atoms with Gasteiger partial charge in [0.05, 0.1) is 6.04 Å². The first-order valence-corrected chi connectivity index (χ1v) is 9.05. The molecule has 0 heterocycles. The van der Waals surface area contributed by atoms with Gasteiger partial charge in [0.25, 0.3) is 5.91 Å². The van der Waals surface area contributed by atoms with Crippen molar-refractivity contribution in [2.75, 3.05) is 6.61 Å². The van der Waals surface area contributed by atoms with E-state index in [2.05, 4.69) is 50.4 Å². The van der Waals surface area contributed by atoms with Gasteiger partial charge in [-0.3, -0.25) is 4.79 Å². The summed E-state index contributed by atoms with van der Waals surface area (Å²) in [7, 11) is 0. The Morgan fingerprint density at radius 1 is 1.16 bits per heavy atom. The minimum Gasteiger partial charge on any atom is -0.484 e. The second kappa shape index (κ2) is 8.91. The van der Waals surface area contributed by atoms with Crippen LogP contribution in [0.3, 0.4) is 0 Å². The number of carbonyl (C=O) groups is 1. The monoisotopic (exact) mass is 359 g/mol. The number of ether oxygens (including phenoxy) is 1. The average Bonchev–Trinajstić information content (AvgIpc) is 2.60. The highest BCUT2D eigenvalue weighted by molar-refractivity contribution is 6.31. The fourth-order valence-electron chi connectivity index (χ4n) is 2.67. The third-order valence-corrected chi connectivity index (χ3v) is 4.65. The van der Waals surface area contributed by atoms with Gasteiger partial charge in [0.1, 0.15) is 5.75 Å². The Balaban J connectivity index is 1.98. The Kier molecular flexibility index (Phi) is 6.89. The molecule has 2 aromatic carbocycles.